The minimum Gasteiger partial charge on any atom is -0.481 e. The Morgan fingerprint density at radius 1 is 1.26 bits per heavy atom. The molecule has 0 radical (unpaired) electrons. The molecule has 0 aromatic rings. The van der Waals surface area contributed by atoms with Crippen molar-refractivity contribution in [3.05, 3.63) is 23.8 Å². The van der Waals surface area contributed by atoms with E-state index in [2.05, 4.69) is 13.0 Å². The lowest BCUT2D eigenvalue weighted by molar-refractivity contribution is -0.176. The van der Waals surface area contributed by atoms with Gasteiger partial charge in [0.1, 0.15) is 6.10 Å². The molecule has 0 aliphatic heterocycles. The van der Waals surface area contributed by atoms with Crippen molar-refractivity contribution in [3.63, 3.8) is 0 Å². The molecule has 0 aromatic carbocycles. The number of ether oxygens (including phenoxy) is 2. The summed E-state index contributed by atoms with van der Waals surface area (Å²) in [6.45, 7) is 5.32. The summed E-state index contributed by atoms with van der Waals surface area (Å²) in [6.07, 6.45) is 3.50. The van der Waals surface area contributed by atoms with Gasteiger partial charge in [0, 0.05) is 19.4 Å². The molecule has 0 heterocycles. The van der Waals surface area contributed by atoms with E-state index >= 15 is 0 Å². The number of carboxylic acids is 1. The molecule has 0 saturated carbocycles. The van der Waals surface area contributed by atoms with Crippen LogP contribution in [0.2, 0.25) is 0 Å². The van der Waals surface area contributed by atoms with E-state index in [-0.39, 0.29) is 30.6 Å². The van der Waals surface area contributed by atoms with E-state index in [9.17, 15) is 24.9 Å². The quantitative estimate of drug-likeness (QED) is 0.378. The Kier molecular flexibility index (Phi) is 8.83. The summed E-state index contributed by atoms with van der Waals surface area (Å²) in [4.78, 5) is 23.3. The third kappa shape index (κ3) is 6.87. The molecule has 8 heteroatoms. The van der Waals surface area contributed by atoms with Crippen LogP contribution in [0.15, 0.2) is 23.8 Å². The number of carbonyl (C=O) groups excluding carboxylic acids is 1. The molecule has 0 spiro atoms. The van der Waals surface area contributed by atoms with E-state index in [0.29, 0.717) is 12.8 Å². The maximum atomic E-state index is 12.6. The van der Waals surface area contributed by atoms with Gasteiger partial charge in [-0.2, -0.15) is 0 Å². The van der Waals surface area contributed by atoms with Gasteiger partial charge in [-0.15, -0.1) is 0 Å². The van der Waals surface area contributed by atoms with E-state index in [1.54, 1.807) is 19.9 Å². The maximum absolute atomic E-state index is 12.6. The first kappa shape index (κ1) is 25.5. The van der Waals surface area contributed by atoms with Gasteiger partial charge in [-0.25, -0.2) is 4.79 Å². The SMILES string of the molecule is COC(C)(C)C(=O)O[C@H]1C[C@H](O)C=C2C=C[C@H](C)[C@H](CC[C@@H](O)C[C@@H](O)CC(=O)O)[C@H]21. The van der Waals surface area contributed by atoms with Gasteiger partial charge in [0.05, 0.1) is 24.7 Å². The first-order chi connectivity index (χ1) is 14.4. The highest BCUT2D eigenvalue weighted by molar-refractivity contribution is 5.78. The number of fused-ring (bicyclic) bond motifs is 1. The third-order valence-electron chi connectivity index (χ3n) is 6.42. The molecule has 0 unspecified atom stereocenters. The number of methoxy groups -OCH3 is 1. The molecule has 7 atom stereocenters. The first-order valence-electron chi connectivity index (χ1n) is 10.9. The molecule has 0 saturated heterocycles. The monoisotopic (exact) mass is 440 g/mol. The van der Waals surface area contributed by atoms with Crippen molar-refractivity contribution in [2.24, 2.45) is 17.8 Å². The van der Waals surface area contributed by atoms with Gasteiger partial charge in [0.25, 0.3) is 0 Å². The van der Waals surface area contributed by atoms with Crippen molar-refractivity contribution in [1.29, 1.82) is 0 Å². The van der Waals surface area contributed by atoms with Crippen LogP contribution in [0, 0.1) is 17.8 Å². The van der Waals surface area contributed by atoms with Crippen molar-refractivity contribution in [2.45, 2.75) is 82.9 Å². The van der Waals surface area contributed by atoms with E-state index in [0.717, 1.165) is 5.57 Å². The number of carboxylic acid groups (broad SMARTS) is 1. The van der Waals surface area contributed by atoms with Crippen molar-refractivity contribution in [2.75, 3.05) is 7.11 Å². The molecule has 2 rings (SSSR count). The molecule has 31 heavy (non-hydrogen) atoms. The number of esters is 1. The number of aliphatic carboxylic acids is 1. The van der Waals surface area contributed by atoms with E-state index in [1.807, 2.05) is 6.08 Å². The van der Waals surface area contributed by atoms with Gasteiger partial charge in [-0.05, 0) is 50.5 Å². The summed E-state index contributed by atoms with van der Waals surface area (Å²) < 4.78 is 11.0. The number of carbonyl (C=O) groups is 2. The predicted octanol–water partition coefficient (Wildman–Crippen LogP) is 1.82. The van der Waals surface area contributed by atoms with Crippen LogP contribution in [-0.4, -0.2) is 69.5 Å². The topological polar surface area (TPSA) is 134 Å². The molecule has 2 aliphatic carbocycles. The van der Waals surface area contributed by atoms with Crippen LogP contribution >= 0.6 is 0 Å². The summed E-state index contributed by atoms with van der Waals surface area (Å²) in [6, 6.07) is 0. The summed E-state index contributed by atoms with van der Waals surface area (Å²) >= 11 is 0. The van der Waals surface area contributed by atoms with Crippen molar-refractivity contribution >= 4 is 11.9 Å². The number of aliphatic hydroxyl groups is 3. The van der Waals surface area contributed by atoms with E-state index in [4.69, 9.17) is 14.6 Å². The van der Waals surface area contributed by atoms with Crippen LogP contribution in [0.3, 0.4) is 0 Å². The molecular weight excluding hydrogens is 404 g/mol. The Morgan fingerprint density at radius 3 is 2.55 bits per heavy atom. The third-order valence-corrected chi connectivity index (χ3v) is 6.42. The molecular formula is C23H36O8. The Labute approximate surface area is 183 Å². The Hall–Kier alpha value is -1.74. The maximum Gasteiger partial charge on any atom is 0.338 e. The van der Waals surface area contributed by atoms with Crippen LogP contribution in [0.4, 0.5) is 0 Å². The predicted molar refractivity (Wildman–Crippen MR) is 113 cm³/mol. The van der Waals surface area contributed by atoms with Crippen LogP contribution in [0.5, 0.6) is 0 Å². The molecule has 0 bridgehead atoms. The Morgan fingerprint density at radius 2 is 1.94 bits per heavy atom. The van der Waals surface area contributed by atoms with Gasteiger partial charge in [0.15, 0.2) is 5.60 Å². The van der Waals surface area contributed by atoms with Gasteiger partial charge in [0.2, 0.25) is 0 Å². The average molecular weight is 441 g/mol. The number of allylic oxidation sites excluding steroid dienone is 2. The van der Waals surface area contributed by atoms with Crippen LogP contribution in [0.25, 0.3) is 0 Å². The molecule has 0 amide bonds. The number of hydrogen-bond donors (Lipinski definition) is 4. The molecule has 0 aromatic heterocycles. The van der Waals surface area contributed by atoms with Gasteiger partial charge in [-0.3, -0.25) is 4.79 Å². The fourth-order valence-corrected chi connectivity index (χ4v) is 4.45. The Balaban J connectivity index is 2.12. The fourth-order valence-electron chi connectivity index (χ4n) is 4.45. The lowest BCUT2D eigenvalue weighted by atomic mass is 9.66. The van der Waals surface area contributed by atoms with Crippen LogP contribution < -0.4 is 0 Å². The zero-order valence-electron chi connectivity index (χ0n) is 18.7. The zero-order chi connectivity index (χ0) is 23.3. The molecule has 2 aliphatic rings. The van der Waals surface area contributed by atoms with Crippen molar-refractivity contribution in [1.82, 2.24) is 0 Å². The minimum absolute atomic E-state index is 0.00421. The van der Waals surface area contributed by atoms with Gasteiger partial charge >= 0.3 is 11.9 Å². The molecule has 4 N–H and O–H groups in total. The second-order valence-corrected chi connectivity index (χ2v) is 9.25. The minimum atomic E-state index is -1.11. The first-order valence-corrected chi connectivity index (χ1v) is 10.9. The highest BCUT2D eigenvalue weighted by Gasteiger charge is 2.43. The summed E-state index contributed by atoms with van der Waals surface area (Å²) in [5.74, 6) is -1.52. The number of aliphatic hydroxyl groups excluding tert-OH is 3. The number of rotatable bonds is 10. The second kappa shape index (κ2) is 10.7. The lowest BCUT2D eigenvalue weighted by Gasteiger charge is -2.43. The zero-order valence-corrected chi connectivity index (χ0v) is 18.7. The highest BCUT2D eigenvalue weighted by Crippen LogP contribution is 2.44. The van der Waals surface area contributed by atoms with Gasteiger partial charge in [-0.1, -0.05) is 25.2 Å². The van der Waals surface area contributed by atoms with Crippen LogP contribution in [-0.2, 0) is 19.1 Å². The van der Waals surface area contributed by atoms with Crippen LogP contribution in [0.1, 0.15) is 52.9 Å². The summed E-state index contributed by atoms with van der Waals surface area (Å²) in [5, 5.41) is 39.1. The summed E-state index contributed by atoms with van der Waals surface area (Å²) in [5.41, 5.74) is -0.191. The van der Waals surface area contributed by atoms with E-state index < -0.39 is 48.4 Å². The van der Waals surface area contributed by atoms with Crippen molar-refractivity contribution in [3.8, 4) is 0 Å². The average Bonchev–Trinajstić information content (AvgIpc) is 2.66. The standard InChI is InChI=1S/C23H36O8/c1-13-5-6-14-9-16(25)11-19(31-22(29)23(2,3)30-4)21(14)18(13)8-7-15(24)10-17(26)12-20(27)28/h5-6,9,13,15-19,21,24-26H,7-8,10-12H2,1-4H3,(H,27,28)/t13-,15+,16+,17+,18-,19-,21-/m0/s1. The summed E-state index contributed by atoms with van der Waals surface area (Å²) in [7, 11) is 1.44. The number of hydrogen-bond acceptors (Lipinski definition) is 7. The molecule has 0 fully saturated rings. The van der Waals surface area contributed by atoms with Gasteiger partial charge < -0.3 is 29.9 Å². The normalized spacial score (nSPS) is 30.2. The molecule has 8 nitrogen and oxygen atoms in total. The molecule has 176 valence electrons. The van der Waals surface area contributed by atoms with Crippen molar-refractivity contribution < 1.29 is 39.5 Å². The highest BCUT2D eigenvalue weighted by atomic mass is 16.6. The largest absolute Gasteiger partial charge is 0.481 e. The fraction of sp³-hybridized carbons (Fsp3) is 0.739. The Bertz CT molecular complexity index is 698. The second-order valence-electron chi connectivity index (χ2n) is 9.25. The lowest BCUT2D eigenvalue weighted by Crippen LogP contribution is -2.46. The smallest absolute Gasteiger partial charge is 0.338 e. The van der Waals surface area contributed by atoms with E-state index in [1.165, 1.54) is 7.11 Å².